The number of aryl methyl sites for hydroxylation is 1. The molecule has 1 aliphatic carbocycles. The van der Waals surface area contributed by atoms with Crippen molar-refractivity contribution in [2.45, 2.75) is 64.3 Å². The molecule has 0 spiro atoms. The van der Waals surface area contributed by atoms with Gasteiger partial charge in [0.05, 0.1) is 22.6 Å². The molecule has 3 aliphatic rings. The molecule has 1 saturated carbocycles. The van der Waals surface area contributed by atoms with Crippen molar-refractivity contribution >= 4 is 5.91 Å². The number of carbonyl (C=O) groups is 1. The molecule has 1 atom stereocenters. The summed E-state index contributed by atoms with van der Waals surface area (Å²) in [6, 6.07) is 6.33. The molecule has 3 fully saturated rings. The molecule has 1 aromatic carbocycles. The predicted octanol–water partition coefficient (Wildman–Crippen LogP) is 4.90. The van der Waals surface area contributed by atoms with Crippen LogP contribution in [-0.2, 0) is 0 Å². The number of piperidine rings is 1. The third kappa shape index (κ3) is 4.80. The Labute approximate surface area is 197 Å². The number of alkyl halides is 3. The minimum atomic E-state index is -4.77. The number of aromatic nitrogens is 2. The van der Waals surface area contributed by atoms with Gasteiger partial charge in [0.2, 0.25) is 0 Å². The summed E-state index contributed by atoms with van der Waals surface area (Å²) in [5.41, 5.74) is 2.50. The minimum Gasteiger partial charge on any atom is -0.406 e. The van der Waals surface area contributed by atoms with Crippen LogP contribution in [0.4, 0.5) is 13.2 Å². The molecule has 2 aliphatic heterocycles. The van der Waals surface area contributed by atoms with E-state index in [-0.39, 0.29) is 17.6 Å². The van der Waals surface area contributed by atoms with Crippen LogP contribution in [0.1, 0.15) is 66.7 Å². The number of carbonyl (C=O) groups excluding carboxylic acids is 1. The Bertz CT molecular complexity index is 1050. The summed E-state index contributed by atoms with van der Waals surface area (Å²) < 4.78 is 43.9. The molecule has 0 bridgehead atoms. The molecule has 2 aromatic rings. The zero-order valence-electron chi connectivity index (χ0n) is 19.6. The van der Waals surface area contributed by atoms with Crippen LogP contribution in [0.3, 0.4) is 0 Å². The van der Waals surface area contributed by atoms with Crippen molar-refractivity contribution in [3.63, 3.8) is 0 Å². The van der Waals surface area contributed by atoms with Gasteiger partial charge in [-0.25, -0.2) is 4.68 Å². The van der Waals surface area contributed by atoms with Crippen molar-refractivity contribution in [1.82, 2.24) is 19.6 Å². The number of nitrogens with zero attached hydrogens (tertiary/aromatic N) is 4. The van der Waals surface area contributed by atoms with E-state index in [1.807, 2.05) is 11.8 Å². The second-order valence-electron chi connectivity index (χ2n) is 9.99. The van der Waals surface area contributed by atoms with Crippen molar-refractivity contribution in [3.05, 3.63) is 41.2 Å². The fraction of sp³-hybridized carbons (Fsp3) is 0.600. The van der Waals surface area contributed by atoms with Gasteiger partial charge in [-0.05, 0) is 63.6 Å². The standard InChI is InChI=1S/C25H31F3N4O2/c1-16-8-11-31(15-16)19-9-12-30(13-10-19)24(33)22-17(2)29-32(23(22)18-6-7-18)20-4-3-5-21(14-20)34-25(26,27)28/h3-5,14,16,18-19H,6-13,15H2,1-2H3/t16-/m1/s1. The van der Waals surface area contributed by atoms with Gasteiger partial charge < -0.3 is 9.64 Å². The lowest BCUT2D eigenvalue weighted by atomic mass is 10.0. The number of hydrogen-bond donors (Lipinski definition) is 0. The van der Waals surface area contributed by atoms with E-state index in [1.54, 1.807) is 10.7 Å². The van der Waals surface area contributed by atoms with Crippen LogP contribution in [0.25, 0.3) is 5.69 Å². The number of amides is 1. The van der Waals surface area contributed by atoms with Crippen LogP contribution in [-0.4, -0.2) is 64.1 Å². The van der Waals surface area contributed by atoms with Gasteiger partial charge in [-0.1, -0.05) is 13.0 Å². The van der Waals surface area contributed by atoms with E-state index in [0.29, 0.717) is 23.0 Å². The van der Waals surface area contributed by atoms with Gasteiger partial charge >= 0.3 is 6.36 Å². The number of rotatable bonds is 5. The highest BCUT2D eigenvalue weighted by Crippen LogP contribution is 2.44. The molecule has 0 radical (unpaired) electrons. The first-order valence-corrected chi connectivity index (χ1v) is 12.2. The van der Waals surface area contributed by atoms with Crippen molar-refractivity contribution in [1.29, 1.82) is 0 Å². The maximum absolute atomic E-state index is 13.6. The van der Waals surface area contributed by atoms with Crippen molar-refractivity contribution in [2.24, 2.45) is 5.92 Å². The molecule has 3 heterocycles. The number of likely N-dealkylation sites (tertiary alicyclic amines) is 2. The SMILES string of the molecule is Cc1nn(-c2cccc(OC(F)(F)F)c2)c(C2CC2)c1C(=O)N1CCC(N2CC[C@@H](C)C2)CC1. The Balaban J connectivity index is 1.37. The summed E-state index contributed by atoms with van der Waals surface area (Å²) >= 11 is 0. The van der Waals surface area contributed by atoms with Crippen LogP contribution in [0.15, 0.2) is 24.3 Å². The van der Waals surface area contributed by atoms with Crippen LogP contribution < -0.4 is 4.74 Å². The summed E-state index contributed by atoms with van der Waals surface area (Å²) in [5, 5.41) is 4.61. The third-order valence-electron chi connectivity index (χ3n) is 7.29. The van der Waals surface area contributed by atoms with Gasteiger partial charge in [0.25, 0.3) is 5.91 Å². The van der Waals surface area contributed by atoms with Crippen molar-refractivity contribution < 1.29 is 22.7 Å². The van der Waals surface area contributed by atoms with Gasteiger partial charge in [-0.3, -0.25) is 9.69 Å². The summed E-state index contributed by atoms with van der Waals surface area (Å²) in [6.07, 6.45) is 0.317. The number of halogens is 3. The maximum Gasteiger partial charge on any atom is 0.573 e. The maximum atomic E-state index is 13.6. The largest absolute Gasteiger partial charge is 0.573 e. The molecule has 1 amide bonds. The molecular weight excluding hydrogens is 445 g/mol. The highest BCUT2D eigenvalue weighted by atomic mass is 19.4. The topological polar surface area (TPSA) is 50.6 Å². The molecule has 0 unspecified atom stereocenters. The third-order valence-corrected chi connectivity index (χ3v) is 7.29. The van der Waals surface area contributed by atoms with E-state index in [1.165, 1.54) is 24.6 Å². The number of ether oxygens (including phenoxy) is 1. The fourth-order valence-electron chi connectivity index (χ4n) is 5.45. The second-order valence-corrected chi connectivity index (χ2v) is 9.99. The van der Waals surface area contributed by atoms with Gasteiger partial charge in [0, 0.05) is 37.7 Å². The first kappa shape index (κ1) is 23.2. The molecule has 34 heavy (non-hydrogen) atoms. The molecule has 6 nitrogen and oxygen atoms in total. The Kier molecular flexibility index (Phi) is 6.08. The molecule has 184 valence electrons. The Hall–Kier alpha value is -2.55. The van der Waals surface area contributed by atoms with Crippen molar-refractivity contribution in [3.8, 4) is 11.4 Å². The highest BCUT2D eigenvalue weighted by molar-refractivity contribution is 5.97. The average molecular weight is 477 g/mol. The lowest BCUT2D eigenvalue weighted by Gasteiger charge is -2.37. The van der Waals surface area contributed by atoms with Crippen LogP contribution in [0, 0.1) is 12.8 Å². The number of hydrogen-bond acceptors (Lipinski definition) is 4. The summed E-state index contributed by atoms with van der Waals surface area (Å²) in [4.78, 5) is 18.1. The zero-order valence-corrected chi connectivity index (χ0v) is 19.6. The highest BCUT2D eigenvalue weighted by Gasteiger charge is 2.38. The summed E-state index contributed by atoms with van der Waals surface area (Å²) in [6.45, 7) is 7.84. The van der Waals surface area contributed by atoms with Gasteiger partial charge in [-0.2, -0.15) is 5.10 Å². The van der Waals surface area contributed by atoms with E-state index in [9.17, 15) is 18.0 Å². The Morgan fingerprint density at radius 2 is 1.82 bits per heavy atom. The van der Waals surface area contributed by atoms with Gasteiger partial charge in [0.15, 0.2) is 0 Å². The summed E-state index contributed by atoms with van der Waals surface area (Å²) in [5.74, 6) is 0.623. The first-order valence-electron chi connectivity index (χ1n) is 12.2. The van der Waals surface area contributed by atoms with E-state index >= 15 is 0 Å². The van der Waals surface area contributed by atoms with E-state index in [2.05, 4.69) is 21.7 Å². The predicted molar refractivity (Wildman–Crippen MR) is 121 cm³/mol. The molecule has 5 rings (SSSR count). The summed E-state index contributed by atoms with van der Waals surface area (Å²) in [7, 11) is 0. The van der Waals surface area contributed by atoms with Crippen LogP contribution >= 0.6 is 0 Å². The molecule has 9 heteroatoms. The van der Waals surface area contributed by atoms with Crippen LogP contribution in [0.5, 0.6) is 5.75 Å². The zero-order chi connectivity index (χ0) is 24.0. The van der Waals surface area contributed by atoms with E-state index in [4.69, 9.17) is 0 Å². The molecule has 2 saturated heterocycles. The van der Waals surface area contributed by atoms with Crippen LogP contribution in [0.2, 0.25) is 0 Å². The van der Waals surface area contributed by atoms with Gasteiger partial charge in [0.1, 0.15) is 5.75 Å². The lowest BCUT2D eigenvalue weighted by molar-refractivity contribution is -0.274. The normalized spacial score (nSPS) is 22.4. The fourth-order valence-corrected chi connectivity index (χ4v) is 5.45. The molecule has 1 aromatic heterocycles. The molecular formula is C25H31F3N4O2. The first-order chi connectivity index (χ1) is 16.2. The quantitative estimate of drug-likeness (QED) is 0.616. The van der Waals surface area contributed by atoms with Gasteiger partial charge in [-0.15, -0.1) is 13.2 Å². The average Bonchev–Trinajstić information content (AvgIpc) is 3.44. The van der Waals surface area contributed by atoms with E-state index in [0.717, 1.165) is 63.5 Å². The number of benzene rings is 1. The minimum absolute atomic E-state index is 0.0124. The van der Waals surface area contributed by atoms with Crippen molar-refractivity contribution in [2.75, 3.05) is 26.2 Å². The monoisotopic (exact) mass is 476 g/mol. The molecule has 0 N–H and O–H groups in total. The van der Waals surface area contributed by atoms with E-state index < -0.39 is 6.36 Å². The Morgan fingerprint density at radius 1 is 1.09 bits per heavy atom. The lowest BCUT2D eigenvalue weighted by Crippen LogP contribution is -2.46. The smallest absolute Gasteiger partial charge is 0.406 e. The second kappa shape index (κ2) is 8.91. The Morgan fingerprint density at radius 3 is 2.44 bits per heavy atom.